The number of imidazole rings is 1. The fourth-order valence-electron chi connectivity index (χ4n) is 4.57. The maximum atomic E-state index is 12.7. The summed E-state index contributed by atoms with van der Waals surface area (Å²) in [6, 6.07) is 2.27. The molecule has 2 fully saturated rings. The van der Waals surface area contributed by atoms with Crippen LogP contribution in [0.15, 0.2) is 12.3 Å². The number of nitrogens with one attached hydrogen (secondary N) is 1. The molecule has 4 heterocycles. The Labute approximate surface area is 206 Å². The predicted octanol–water partition coefficient (Wildman–Crippen LogP) is 4.18. The van der Waals surface area contributed by atoms with Gasteiger partial charge >= 0.3 is 12.2 Å². The Morgan fingerprint density at radius 2 is 1.77 bits per heavy atom. The van der Waals surface area contributed by atoms with Crippen LogP contribution in [0, 0.1) is 6.92 Å². The van der Waals surface area contributed by atoms with E-state index in [-0.39, 0.29) is 24.3 Å². The van der Waals surface area contributed by atoms with E-state index in [1.54, 1.807) is 9.80 Å². The Morgan fingerprint density at radius 1 is 1.09 bits per heavy atom. The normalized spacial score (nSPS) is 19.5. The third-order valence-electron chi connectivity index (χ3n) is 6.38. The molecule has 0 aliphatic carbocycles. The van der Waals surface area contributed by atoms with Gasteiger partial charge in [-0.1, -0.05) is 13.8 Å². The van der Waals surface area contributed by atoms with Crippen molar-refractivity contribution >= 4 is 23.5 Å². The molecule has 0 aromatic carbocycles. The highest BCUT2D eigenvalue weighted by Crippen LogP contribution is 2.25. The fraction of sp³-hybridized carbons (Fsp3) is 0.680. The van der Waals surface area contributed by atoms with Crippen LogP contribution >= 0.6 is 0 Å². The minimum Gasteiger partial charge on any atom is -0.444 e. The monoisotopic (exact) mass is 486 g/mol. The highest BCUT2D eigenvalue weighted by molar-refractivity contribution is 5.70. The average molecular weight is 487 g/mol. The summed E-state index contributed by atoms with van der Waals surface area (Å²) in [6.45, 7) is 13.9. The van der Waals surface area contributed by atoms with Gasteiger partial charge in [-0.3, -0.25) is 0 Å². The van der Waals surface area contributed by atoms with Crippen molar-refractivity contribution in [1.82, 2.24) is 24.4 Å². The molecule has 2 amide bonds. The summed E-state index contributed by atoms with van der Waals surface area (Å²) < 4.78 is 13.1. The Bertz CT molecular complexity index is 1070. The van der Waals surface area contributed by atoms with Gasteiger partial charge in [0.05, 0.1) is 29.8 Å². The minimum atomic E-state index is -0.542. The lowest BCUT2D eigenvalue weighted by Crippen LogP contribution is -2.44. The molecule has 2 aliphatic rings. The van der Waals surface area contributed by atoms with E-state index in [1.807, 2.05) is 44.5 Å². The lowest BCUT2D eigenvalue weighted by atomic mass is 10.1. The Morgan fingerprint density at radius 3 is 2.43 bits per heavy atom. The second-order valence-electron chi connectivity index (χ2n) is 10.9. The summed E-state index contributed by atoms with van der Waals surface area (Å²) in [4.78, 5) is 33.0. The van der Waals surface area contributed by atoms with Crippen LogP contribution < -0.4 is 5.32 Å². The average Bonchev–Trinajstić information content (AvgIpc) is 3.40. The van der Waals surface area contributed by atoms with E-state index in [1.165, 1.54) is 0 Å². The standard InChI is InChI=1S/C25H38N6O4/c1-16(2)21-14-26-22-20(13-17(3)28-31(21)22)27-18-7-10-29(11-8-18)23(32)34-19-9-12-30(15-19)24(33)35-25(4,5)6/h13-14,16,18-19,27H,7-12,15H2,1-6H3/t19-/m0/s1. The van der Waals surface area contributed by atoms with Gasteiger partial charge in [-0.2, -0.15) is 5.10 Å². The van der Waals surface area contributed by atoms with Gasteiger partial charge in [-0.25, -0.2) is 19.1 Å². The van der Waals surface area contributed by atoms with E-state index < -0.39 is 5.60 Å². The number of anilines is 1. The van der Waals surface area contributed by atoms with Gasteiger partial charge in [-0.05, 0) is 52.5 Å². The first kappa shape index (κ1) is 25.1. The van der Waals surface area contributed by atoms with Crippen LogP contribution in [-0.2, 0) is 9.47 Å². The summed E-state index contributed by atoms with van der Waals surface area (Å²) in [5.74, 6) is 0.331. The van der Waals surface area contributed by atoms with E-state index in [9.17, 15) is 9.59 Å². The van der Waals surface area contributed by atoms with Crippen LogP contribution in [-0.4, -0.2) is 80.5 Å². The SMILES string of the molecule is Cc1cc(NC2CCN(C(=O)O[C@H]3CCN(C(=O)OC(C)(C)C)C3)CC2)c2ncc(C(C)C)n2n1. The van der Waals surface area contributed by atoms with Crippen molar-refractivity contribution in [3.63, 3.8) is 0 Å². The van der Waals surface area contributed by atoms with E-state index in [0.29, 0.717) is 38.5 Å². The third kappa shape index (κ3) is 5.97. The zero-order chi connectivity index (χ0) is 25.3. The molecule has 10 nitrogen and oxygen atoms in total. The molecule has 0 spiro atoms. The van der Waals surface area contributed by atoms with Crippen LogP contribution in [0.2, 0.25) is 0 Å². The maximum Gasteiger partial charge on any atom is 0.410 e. The number of nitrogens with zero attached hydrogens (tertiary/aromatic N) is 5. The maximum absolute atomic E-state index is 12.7. The molecule has 192 valence electrons. The number of aryl methyl sites for hydroxylation is 1. The van der Waals surface area contributed by atoms with Crippen LogP contribution in [0.25, 0.3) is 5.65 Å². The molecule has 0 saturated carbocycles. The van der Waals surface area contributed by atoms with E-state index in [2.05, 4.69) is 29.2 Å². The third-order valence-corrected chi connectivity index (χ3v) is 6.38. The Balaban J connectivity index is 1.28. The summed E-state index contributed by atoms with van der Waals surface area (Å²) in [5, 5.41) is 8.27. The number of fused-ring (bicyclic) bond motifs is 1. The lowest BCUT2D eigenvalue weighted by Gasteiger charge is -2.33. The lowest BCUT2D eigenvalue weighted by molar-refractivity contribution is 0.0235. The van der Waals surface area contributed by atoms with Crippen molar-refractivity contribution in [2.24, 2.45) is 0 Å². The van der Waals surface area contributed by atoms with Crippen molar-refractivity contribution in [2.45, 2.75) is 84.5 Å². The number of ether oxygens (including phenoxy) is 2. The molecule has 0 radical (unpaired) electrons. The second kappa shape index (κ2) is 9.91. The predicted molar refractivity (Wildman–Crippen MR) is 133 cm³/mol. The van der Waals surface area contributed by atoms with Crippen molar-refractivity contribution in [1.29, 1.82) is 0 Å². The smallest absolute Gasteiger partial charge is 0.410 e. The molecule has 1 atom stereocenters. The van der Waals surface area contributed by atoms with Crippen molar-refractivity contribution in [3.8, 4) is 0 Å². The molecule has 2 aliphatic heterocycles. The van der Waals surface area contributed by atoms with Gasteiger partial charge in [0.15, 0.2) is 5.65 Å². The van der Waals surface area contributed by atoms with Crippen molar-refractivity contribution in [3.05, 3.63) is 23.7 Å². The number of hydrogen-bond acceptors (Lipinski definition) is 7. The number of aromatic nitrogens is 3. The van der Waals surface area contributed by atoms with Gasteiger partial charge in [0, 0.05) is 32.1 Å². The van der Waals surface area contributed by atoms with E-state index in [0.717, 1.165) is 35.6 Å². The molecule has 0 unspecified atom stereocenters. The van der Waals surface area contributed by atoms with E-state index in [4.69, 9.17) is 9.47 Å². The molecule has 2 aromatic heterocycles. The first-order chi connectivity index (χ1) is 16.5. The summed E-state index contributed by atoms with van der Waals surface area (Å²) in [6.07, 6.45) is 3.18. The minimum absolute atomic E-state index is 0.234. The number of likely N-dealkylation sites (tertiary alicyclic amines) is 2. The number of piperidine rings is 1. The molecule has 2 aromatic rings. The molecule has 35 heavy (non-hydrogen) atoms. The first-order valence-corrected chi connectivity index (χ1v) is 12.6. The molecule has 2 saturated heterocycles. The summed E-state index contributed by atoms with van der Waals surface area (Å²) in [7, 11) is 0. The molecular formula is C25H38N6O4. The molecular weight excluding hydrogens is 448 g/mol. The zero-order valence-electron chi connectivity index (χ0n) is 21.7. The van der Waals surface area contributed by atoms with Gasteiger partial charge in [-0.15, -0.1) is 0 Å². The molecule has 4 rings (SSSR count). The quantitative estimate of drug-likeness (QED) is 0.692. The molecule has 1 N–H and O–H groups in total. The van der Waals surface area contributed by atoms with Crippen molar-refractivity contribution < 1.29 is 19.1 Å². The molecule has 10 heteroatoms. The zero-order valence-corrected chi connectivity index (χ0v) is 21.7. The van der Waals surface area contributed by atoms with Crippen LogP contribution in [0.3, 0.4) is 0 Å². The molecule has 0 bridgehead atoms. The second-order valence-corrected chi connectivity index (χ2v) is 10.9. The van der Waals surface area contributed by atoms with E-state index >= 15 is 0 Å². The highest BCUT2D eigenvalue weighted by atomic mass is 16.6. The van der Waals surface area contributed by atoms with Gasteiger partial charge in [0.25, 0.3) is 0 Å². The first-order valence-electron chi connectivity index (χ1n) is 12.6. The number of carbonyl (C=O) groups is 2. The topological polar surface area (TPSA) is 101 Å². The van der Waals surface area contributed by atoms with Crippen LogP contribution in [0.4, 0.5) is 15.3 Å². The number of rotatable bonds is 4. The highest BCUT2D eigenvalue weighted by Gasteiger charge is 2.33. The number of hydrogen-bond donors (Lipinski definition) is 1. The van der Waals surface area contributed by atoms with Gasteiger partial charge < -0.3 is 24.6 Å². The summed E-state index contributed by atoms with van der Waals surface area (Å²) >= 11 is 0. The summed E-state index contributed by atoms with van der Waals surface area (Å²) in [5.41, 5.74) is 3.27. The van der Waals surface area contributed by atoms with Crippen molar-refractivity contribution in [2.75, 3.05) is 31.5 Å². The van der Waals surface area contributed by atoms with Crippen LogP contribution in [0.1, 0.15) is 71.2 Å². The number of amides is 2. The number of carbonyl (C=O) groups excluding carboxylic acids is 2. The van der Waals surface area contributed by atoms with Gasteiger partial charge in [0.1, 0.15) is 11.7 Å². The van der Waals surface area contributed by atoms with Gasteiger partial charge in [0.2, 0.25) is 0 Å². The Hall–Kier alpha value is -3.04. The fourth-order valence-corrected chi connectivity index (χ4v) is 4.57. The largest absolute Gasteiger partial charge is 0.444 e. The Kier molecular flexibility index (Phi) is 7.10. The van der Waals surface area contributed by atoms with Crippen LogP contribution in [0.5, 0.6) is 0 Å².